The summed E-state index contributed by atoms with van der Waals surface area (Å²) in [6, 6.07) is 3.09. The van der Waals surface area contributed by atoms with Crippen molar-refractivity contribution >= 4 is 23.2 Å². The van der Waals surface area contributed by atoms with E-state index in [4.69, 9.17) is 0 Å². The van der Waals surface area contributed by atoms with E-state index in [1.54, 1.807) is 19.1 Å². The van der Waals surface area contributed by atoms with Crippen LogP contribution in [0.25, 0.3) is 5.65 Å². The summed E-state index contributed by atoms with van der Waals surface area (Å²) >= 11 is 0. The van der Waals surface area contributed by atoms with Crippen LogP contribution in [0.4, 0.5) is 24.8 Å². The van der Waals surface area contributed by atoms with Crippen LogP contribution in [0.15, 0.2) is 30.6 Å². The minimum atomic E-state index is -4.34. The molecule has 0 radical (unpaired) electrons. The van der Waals surface area contributed by atoms with Crippen LogP contribution in [0.5, 0.6) is 0 Å². The number of anilines is 2. The summed E-state index contributed by atoms with van der Waals surface area (Å²) in [6.07, 6.45) is -0.913. The Morgan fingerprint density at radius 1 is 1.32 bits per heavy atom. The largest absolute Gasteiger partial charge is 0.408 e. The molecule has 1 atom stereocenters. The number of alkyl halides is 3. The minimum absolute atomic E-state index is 0.0225. The molecule has 0 spiro atoms. The van der Waals surface area contributed by atoms with E-state index in [1.807, 2.05) is 0 Å². The highest BCUT2D eigenvalue weighted by Crippen LogP contribution is 2.35. The first-order chi connectivity index (χ1) is 13.3. The molecule has 0 bridgehead atoms. The van der Waals surface area contributed by atoms with Gasteiger partial charge in [0, 0.05) is 18.9 Å². The lowest BCUT2D eigenvalue weighted by atomic mass is 10.2. The summed E-state index contributed by atoms with van der Waals surface area (Å²) in [6.45, 7) is 1.88. The van der Waals surface area contributed by atoms with Crippen LogP contribution in [0, 0.1) is 6.92 Å². The van der Waals surface area contributed by atoms with Crippen molar-refractivity contribution in [2.24, 2.45) is 0 Å². The number of carbonyl (C=O) groups is 1. The molecule has 1 N–H and O–H groups in total. The number of hydrogen-bond donors (Lipinski definition) is 1. The fourth-order valence-electron chi connectivity index (χ4n) is 3.38. The second-order valence-corrected chi connectivity index (χ2v) is 6.47. The van der Waals surface area contributed by atoms with Crippen molar-refractivity contribution in [2.45, 2.75) is 32.0 Å². The van der Waals surface area contributed by atoms with Crippen molar-refractivity contribution in [2.75, 3.05) is 16.8 Å². The predicted molar refractivity (Wildman–Crippen MR) is 94.1 cm³/mol. The highest BCUT2D eigenvalue weighted by Gasteiger charge is 2.46. The summed E-state index contributed by atoms with van der Waals surface area (Å²) in [7, 11) is 0. The van der Waals surface area contributed by atoms with Crippen LogP contribution in [0.2, 0.25) is 0 Å². The predicted octanol–water partition coefficient (Wildman–Crippen LogP) is 2.61. The number of halogens is 3. The second-order valence-electron chi connectivity index (χ2n) is 6.47. The molecule has 28 heavy (non-hydrogen) atoms. The van der Waals surface area contributed by atoms with Gasteiger partial charge in [0.2, 0.25) is 0 Å². The van der Waals surface area contributed by atoms with E-state index in [-0.39, 0.29) is 35.8 Å². The molecule has 4 rings (SSSR count). The standard InChI is InChI=1S/C17H16F3N7O/c1-10-14(16(28)22-12-5-2-7-21-24-12)15-23-13(6-9-27(15)25-10)26-8-3-4-11(26)17(18,19)20/h2,5-7,9,11H,3-4,8H2,1H3,(H,22,24,28)/t11-/m0/s1. The van der Waals surface area contributed by atoms with Gasteiger partial charge >= 0.3 is 6.18 Å². The molecule has 0 aromatic carbocycles. The van der Waals surface area contributed by atoms with Crippen molar-refractivity contribution in [3.8, 4) is 0 Å². The van der Waals surface area contributed by atoms with E-state index >= 15 is 0 Å². The molecule has 1 fully saturated rings. The number of amides is 1. The van der Waals surface area contributed by atoms with E-state index in [0.717, 1.165) is 0 Å². The van der Waals surface area contributed by atoms with Gasteiger partial charge in [-0.25, -0.2) is 9.50 Å². The summed E-state index contributed by atoms with van der Waals surface area (Å²) in [4.78, 5) is 18.3. The lowest BCUT2D eigenvalue weighted by molar-refractivity contribution is -0.146. The maximum absolute atomic E-state index is 13.3. The highest BCUT2D eigenvalue weighted by atomic mass is 19.4. The third kappa shape index (κ3) is 3.23. The Hall–Kier alpha value is -3.24. The van der Waals surface area contributed by atoms with Crippen LogP contribution >= 0.6 is 0 Å². The second kappa shape index (κ2) is 6.73. The van der Waals surface area contributed by atoms with Gasteiger partial charge in [0.15, 0.2) is 11.5 Å². The van der Waals surface area contributed by atoms with E-state index in [0.29, 0.717) is 12.1 Å². The molecule has 4 heterocycles. The topological polar surface area (TPSA) is 88.3 Å². The molecular formula is C17H16F3N7O. The van der Waals surface area contributed by atoms with Crippen LogP contribution < -0.4 is 10.2 Å². The first-order valence-corrected chi connectivity index (χ1v) is 8.63. The average Bonchev–Trinajstić information content (AvgIpc) is 3.25. The molecule has 3 aromatic rings. The van der Waals surface area contributed by atoms with Gasteiger partial charge < -0.3 is 10.2 Å². The summed E-state index contributed by atoms with van der Waals surface area (Å²) in [5.41, 5.74) is 0.763. The number of carbonyl (C=O) groups excluding carboxylic acids is 1. The van der Waals surface area contributed by atoms with Gasteiger partial charge in [-0.05, 0) is 38.0 Å². The Labute approximate surface area is 157 Å². The SMILES string of the molecule is Cc1nn2ccc(N3CCC[C@H]3C(F)(F)F)nc2c1C(=O)Nc1cccnn1. The van der Waals surface area contributed by atoms with Crippen LogP contribution in [0.3, 0.4) is 0 Å². The third-order valence-electron chi connectivity index (χ3n) is 4.61. The molecular weight excluding hydrogens is 375 g/mol. The number of nitrogens with zero attached hydrogens (tertiary/aromatic N) is 6. The lowest BCUT2D eigenvalue weighted by Gasteiger charge is -2.27. The normalized spacial score (nSPS) is 17.3. The van der Waals surface area contributed by atoms with Crippen LogP contribution in [-0.4, -0.2) is 49.5 Å². The van der Waals surface area contributed by atoms with Crippen molar-refractivity contribution < 1.29 is 18.0 Å². The maximum Gasteiger partial charge on any atom is 0.408 e. The molecule has 1 aliphatic heterocycles. The first-order valence-electron chi connectivity index (χ1n) is 8.63. The van der Waals surface area contributed by atoms with E-state index < -0.39 is 18.1 Å². The molecule has 1 saturated heterocycles. The number of nitrogens with one attached hydrogen (secondary N) is 1. The van der Waals surface area contributed by atoms with Gasteiger partial charge in [-0.1, -0.05) is 0 Å². The van der Waals surface area contributed by atoms with Gasteiger partial charge in [0.1, 0.15) is 17.4 Å². The summed E-state index contributed by atoms with van der Waals surface area (Å²) in [5, 5.41) is 14.3. The Morgan fingerprint density at radius 3 is 2.86 bits per heavy atom. The zero-order valence-corrected chi connectivity index (χ0v) is 14.8. The van der Waals surface area contributed by atoms with Crippen LogP contribution in [0.1, 0.15) is 28.9 Å². The van der Waals surface area contributed by atoms with Gasteiger partial charge in [-0.15, -0.1) is 5.10 Å². The number of hydrogen-bond acceptors (Lipinski definition) is 6. The van der Waals surface area contributed by atoms with Crippen molar-refractivity contribution in [1.29, 1.82) is 0 Å². The monoisotopic (exact) mass is 391 g/mol. The van der Waals surface area contributed by atoms with Gasteiger partial charge in [0.05, 0.1) is 5.69 Å². The quantitative estimate of drug-likeness (QED) is 0.738. The van der Waals surface area contributed by atoms with Gasteiger partial charge in [0.25, 0.3) is 5.91 Å². The molecule has 1 aliphatic rings. The fraction of sp³-hybridized carbons (Fsp3) is 0.353. The molecule has 0 saturated carbocycles. The average molecular weight is 391 g/mol. The lowest BCUT2D eigenvalue weighted by Crippen LogP contribution is -2.41. The number of aromatic nitrogens is 5. The smallest absolute Gasteiger partial charge is 0.344 e. The third-order valence-corrected chi connectivity index (χ3v) is 4.61. The number of aryl methyl sites for hydroxylation is 1. The van der Waals surface area contributed by atoms with Crippen molar-refractivity contribution in [3.63, 3.8) is 0 Å². The molecule has 11 heteroatoms. The van der Waals surface area contributed by atoms with Gasteiger partial charge in [-0.3, -0.25) is 4.79 Å². The maximum atomic E-state index is 13.3. The zero-order valence-electron chi connectivity index (χ0n) is 14.8. The zero-order chi connectivity index (χ0) is 19.9. The molecule has 146 valence electrons. The van der Waals surface area contributed by atoms with E-state index in [2.05, 4.69) is 25.6 Å². The fourth-order valence-corrected chi connectivity index (χ4v) is 3.38. The van der Waals surface area contributed by atoms with Crippen molar-refractivity contribution in [3.05, 3.63) is 41.9 Å². The molecule has 1 amide bonds. The summed E-state index contributed by atoms with van der Waals surface area (Å²) < 4.78 is 41.3. The first kappa shape index (κ1) is 18.1. The number of rotatable bonds is 3. The number of fused-ring (bicyclic) bond motifs is 1. The van der Waals surface area contributed by atoms with E-state index in [9.17, 15) is 18.0 Å². The Morgan fingerprint density at radius 2 is 2.14 bits per heavy atom. The molecule has 3 aromatic heterocycles. The minimum Gasteiger partial charge on any atom is -0.344 e. The Kier molecular flexibility index (Phi) is 4.36. The molecule has 8 nitrogen and oxygen atoms in total. The Balaban J connectivity index is 1.71. The van der Waals surface area contributed by atoms with E-state index in [1.165, 1.54) is 27.9 Å². The molecule has 0 aliphatic carbocycles. The summed E-state index contributed by atoms with van der Waals surface area (Å²) in [5.74, 6) is -0.0914. The van der Waals surface area contributed by atoms with Crippen LogP contribution in [-0.2, 0) is 0 Å². The Bertz CT molecular complexity index is 1020. The van der Waals surface area contributed by atoms with Gasteiger partial charge in [-0.2, -0.15) is 23.4 Å². The van der Waals surface area contributed by atoms with Crippen molar-refractivity contribution in [1.82, 2.24) is 24.8 Å². The molecule has 0 unspecified atom stereocenters. The highest BCUT2D eigenvalue weighted by molar-refractivity contribution is 6.08.